The molecule has 1 aromatic carbocycles. The molecule has 0 amide bonds. The van der Waals surface area contributed by atoms with Crippen LogP contribution in [-0.4, -0.2) is 12.1 Å². The van der Waals surface area contributed by atoms with E-state index in [2.05, 4.69) is 10.3 Å². The molecule has 0 spiro atoms. The number of hydrogen-bond acceptors (Lipinski definition) is 4. The lowest BCUT2D eigenvalue weighted by Gasteiger charge is -2.13. The van der Waals surface area contributed by atoms with Crippen molar-refractivity contribution in [3.63, 3.8) is 0 Å². The molecule has 0 radical (unpaired) electrons. The number of aryl methyl sites for hydroxylation is 1. The van der Waals surface area contributed by atoms with Crippen molar-refractivity contribution in [2.45, 2.75) is 6.92 Å². The SMILES string of the molecule is COc1cnc(C)cc1Nc1cc(N)ccc1Cl. The maximum atomic E-state index is 6.11. The summed E-state index contributed by atoms with van der Waals surface area (Å²) in [5, 5.41) is 3.79. The first kappa shape index (κ1) is 12.5. The molecule has 0 saturated carbocycles. The summed E-state index contributed by atoms with van der Waals surface area (Å²) >= 11 is 6.11. The van der Waals surface area contributed by atoms with Crippen LogP contribution in [0.2, 0.25) is 5.02 Å². The molecular formula is C13H14ClN3O. The summed E-state index contributed by atoms with van der Waals surface area (Å²) in [4.78, 5) is 4.17. The number of nitrogens with one attached hydrogen (secondary N) is 1. The zero-order valence-corrected chi connectivity index (χ0v) is 11.0. The zero-order valence-electron chi connectivity index (χ0n) is 10.2. The molecule has 1 heterocycles. The maximum absolute atomic E-state index is 6.11. The molecule has 0 atom stereocenters. The van der Waals surface area contributed by atoms with Gasteiger partial charge in [-0.1, -0.05) is 11.6 Å². The lowest BCUT2D eigenvalue weighted by molar-refractivity contribution is 0.415. The molecule has 2 rings (SSSR count). The molecule has 0 aliphatic heterocycles. The van der Waals surface area contributed by atoms with E-state index in [1.54, 1.807) is 31.5 Å². The number of nitrogens with zero attached hydrogens (tertiary/aromatic N) is 1. The molecule has 3 N–H and O–H groups in total. The van der Waals surface area contributed by atoms with Crippen LogP contribution in [0.3, 0.4) is 0 Å². The van der Waals surface area contributed by atoms with Gasteiger partial charge in [0, 0.05) is 11.4 Å². The Balaban J connectivity index is 2.38. The molecule has 0 saturated heterocycles. The van der Waals surface area contributed by atoms with Gasteiger partial charge in [-0.2, -0.15) is 0 Å². The Morgan fingerprint density at radius 2 is 2.06 bits per heavy atom. The molecule has 5 heteroatoms. The minimum Gasteiger partial charge on any atom is -0.493 e. The molecule has 94 valence electrons. The molecule has 2 aromatic rings. The fraction of sp³-hybridized carbons (Fsp3) is 0.154. The number of anilines is 3. The lowest BCUT2D eigenvalue weighted by Crippen LogP contribution is -1.98. The number of nitrogen functional groups attached to an aromatic ring is 1. The third-order valence-electron chi connectivity index (χ3n) is 2.48. The van der Waals surface area contributed by atoms with Gasteiger partial charge in [-0.05, 0) is 31.2 Å². The number of pyridine rings is 1. The van der Waals surface area contributed by atoms with Crippen LogP contribution in [0, 0.1) is 6.92 Å². The summed E-state index contributed by atoms with van der Waals surface area (Å²) in [5.41, 5.74) is 8.81. The van der Waals surface area contributed by atoms with Crippen LogP contribution in [0.4, 0.5) is 17.1 Å². The second-order valence-electron chi connectivity index (χ2n) is 3.89. The zero-order chi connectivity index (χ0) is 13.1. The number of methoxy groups -OCH3 is 1. The van der Waals surface area contributed by atoms with Gasteiger partial charge in [-0.15, -0.1) is 0 Å². The third kappa shape index (κ3) is 2.65. The van der Waals surface area contributed by atoms with Gasteiger partial charge in [0.25, 0.3) is 0 Å². The van der Waals surface area contributed by atoms with Gasteiger partial charge in [-0.3, -0.25) is 4.98 Å². The van der Waals surface area contributed by atoms with E-state index in [0.29, 0.717) is 16.5 Å². The predicted molar refractivity (Wildman–Crippen MR) is 74.7 cm³/mol. The van der Waals surface area contributed by atoms with Crippen LogP contribution in [0.25, 0.3) is 0 Å². The van der Waals surface area contributed by atoms with Gasteiger partial charge >= 0.3 is 0 Å². The highest BCUT2D eigenvalue weighted by Gasteiger charge is 2.07. The molecule has 0 bridgehead atoms. The first-order valence-electron chi connectivity index (χ1n) is 5.43. The summed E-state index contributed by atoms with van der Waals surface area (Å²) in [5.74, 6) is 0.652. The summed E-state index contributed by atoms with van der Waals surface area (Å²) in [7, 11) is 1.60. The van der Waals surface area contributed by atoms with E-state index in [4.69, 9.17) is 22.1 Å². The van der Waals surface area contributed by atoms with Crippen molar-refractivity contribution >= 4 is 28.7 Å². The summed E-state index contributed by atoms with van der Waals surface area (Å²) in [6.07, 6.45) is 1.66. The monoisotopic (exact) mass is 263 g/mol. The number of halogens is 1. The van der Waals surface area contributed by atoms with E-state index < -0.39 is 0 Å². The molecule has 0 aliphatic rings. The Morgan fingerprint density at radius 1 is 1.28 bits per heavy atom. The Morgan fingerprint density at radius 3 is 2.78 bits per heavy atom. The second-order valence-corrected chi connectivity index (χ2v) is 4.30. The van der Waals surface area contributed by atoms with E-state index in [1.807, 2.05) is 13.0 Å². The number of nitrogens with two attached hydrogens (primary N) is 1. The van der Waals surface area contributed by atoms with E-state index >= 15 is 0 Å². The standard InChI is InChI=1S/C13H14ClN3O/c1-8-5-12(13(18-2)7-16-8)17-11-6-9(15)3-4-10(11)14/h3-7H,15H2,1-2H3,(H,16,17). The van der Waals surface area contributed by atoms with Gasteiger partial charge in [-0.25, -0.2) is 0 Å². The van der Waals surface area contributed by atoms with E-state index in [1.165, 1.54) is 0 Å². The summed E-state index contributed by atoms with van der Waals surface area (Å²) in [6.45, 7) is 1.91. The van der Waals surface area contributed by atoms with Crippen LogP contribution < -0.4 is 15.8 Å². The number of ether oxygens (including phenoxy) is 1. The smallest absolute Gasteiger partial charge is 0.160 e. The molecular weight excluding hydrogens is 250 g/mol. The normalized spacial score (nSPS) is 10.2. The highest BCUT2D eigenvalue weighted by molar-refractivity contribution is 6.33. The van der Waals surface area contributed by atoms with Crippen molar-refractivity contribution in [3.8, 4) is 5.75 Å². The second kappa shape index (κ2) is 5.14. The molecule has 18 heavy (non-hydrogen) atoms. The van der Waals surface area contributed by atoms with Gasteiger partial charge < -0.3 is 15.8 Å². The van der Waals surface area contributed by atoms with Crippen LogP contribution in [-0.2, 0) is 0 Å². The lowest BCUT2D eigenvalue weighted by atomic mass is 10.2. The topological polar surface area (TPSA) is 60.2 Å². The number of benzene rings is 1. The van der Waals surface area contributed by atoms with Crippen molar-refractivity contribution in [2.75, 3.05) is 18.2 Å². The summed E-state index contributed by atoms with van der Waals surface area (Å²) in [6, 6.07) is 7.16. The van der Waals surface area contributed by atoms with E-state index in [0.717, 1.165) is 17.1 Å². The Labute approximate surface area is 111 Å². The Hall–Kier alpha value is -1.94. The highest BCUT2D eigenvalue weighted by atomic mass is 35.5. The Bertz CT molecular complexity index is 572. The van der Waals surface area contributed by atoms with Crippen molar-refractivity contribution < 1.29 is 4.74 Å². The van der Waals surface area contributed by atoms with Gasteiger partial charge in [0.1, 0.15) is 0 Å². The van der Waals surface area contributed by atoms with Crippen molar-refractivity contribution in [1.29, 1.82) is 0 Å². The number of aromatic nitrogens is 1. The maximum Gasteiger partial charge on any atom is 0.160 e. The molecule has 0 unspecified atom stereocenters. The number of hydrogen-bond donors (Lipinski definition) is 2. The average Bonchev–Trinajstić information content (AvgIpc) is 2.34. The quantitative estimate of drug-likeness (QED) is 0.834. The van der Waals surface area contributed by atoms with Crippen LogP contribution in [0.15, 0.2) is 30.5 Å². The molecule has 0 fully saturated rings. The van der Waals surface area contributed by atoms with Gasteiger partial charge in [0.15, 0.2) is 5.75 Å². The van der Waals surface area contributed by atoms with Crippen molar-refractivity contribution in [1.82, 2.24) is 4.98 Å². The van der Waals surface area contributed by atoms with Crippen molar-refractivity contribution in [3.05, 3.63) is 41.2 Å². The third-order valence-corrected chi connectivity index (χ3v) is 2.81. The first-order valence-corrected chi connectivity index (χ1v) is 5.80. The number of rotatable bonds is 3. The van der Waals surface area contributed by atoms with Gasteiger partial charge in [0.2, 0.25) is 0 Å². The Kier molecular flexibility index (Phi) is 3.58. The van der Waals surface area contributed by atoms with Crippen LogP contribution >= 0.6 is 11.6 Å². The van der Waals surface area contributed by atoms with Crippen LogP contribution in [0.1, 0.15) is 5.69 Å². The highest BCUT2D eigenvalue weighted by Crippen LogP contribution is 2.32. The van der Waals surface area contributed by atoms with E-state index in [9.17, 15) is 0 Å². The van der Waals surface area contributed by atoms with Crippen LogP contribution in [0.5, 0.6) is 5.75 Å². The first-order chi connectivity index (χ1) is 8.60. The molecule has 1 aromatic heterocycles. The predicted octanol–water partition coefficient (Wildman–Crippen LogP) is 3.38. The van der Waals surface area contributed by atoms with Gasteiger partial charge in [0.05, 0.1) is 29.7 Å². The summed E-state index contributed by atoms with van der Waals surface area (Å²) < 4.78 is 5.24. The minimum absolute atomic E-state index is 0.598. The van der Waals surface area contributed by atoms with E-state index in [-0.39, 0.29) is 0 Å². The fourth-order valence-corrected chi connectivity index (χ4v) is 1.76. The average molecular weight is 264 g/mol. The molecule has 0 aliphatic carbocycles. The van der Waals surface area contributed by atoms with Crippen molar-refractivity contribution in [2.24, 2.45) is 0 Å². The largest absolute Gasteiger partial charge is 0.493 e. The molecule has 4 nitrogen and oxygen atoms in total. The minimum atomic E-state index is 0.598. The fourth-order valence-electron chi connectivity index (χ4n) is 1.59.